The minimum atomic E-state index is -1.11. The van der Waals surface area contributed by atoms with Gasteiger partial charge in [0.2, 0.25) is 5.91 Å². The highest BCUT2D eigenvalue weighted by Crippen LogP contribution is 2.36. The van der Waals surface area contributed by atoms with Gasteiger partial charge in [-0.25, -0.2) is 4.79 Å². The number of hydrogen-bond acceptors (Lipinski definition) is 6. The van der Waals surface area contributed by atoms with Crippen LogP contribution in [0, 0.1) is 0 Å². The lowest BCUT2D eigenvalue weighted by Crippen LogP contribution is -2.55. The summed E-state index contributed by atoms with van der Waals surface area (Å²) < 4.78 is 0. The Bertz CT molecular complexity index is 339. The van der Waals surface area contributed by atoms with Gasteiger partial charge in [0.1, 0.15) is 11.5 Å². The summed E-state index contributed by atoms with van der Waals surface area (Å²) in [5.41, 5.74) is 0. The van der Waals surface area contributed by atoms with Crippen molar-refractivity contribution in [2.45, 2.75) is 29.3 Å². The molecule has 2 saturated heterocycles. The van der Waals surface area contributed by atoms with Crippen LogP contribution in [0.15, 0.2) is 0 Å². The van der Waals surface area contributed by atoms with Gasteiger partial charge in [-0.3, -0.25) is 10.1 Å². The van der Waals surface area contributed by atoms with Gasteiger partial charge in [-0.2, -0.15) is 0 Å². The SMILES string of the molecule is O=C1CCN([C@@H]2S[C@H](CO)[C@@H](O)[C@H]2O)C(=O)N1. The van der Waals surface area contributed by atoms with Gasteiger partial charge in [-0.1, -0.05) is 0 Å². The number of nitrogens with zero attached hydrogens (tertiary/aromatic N) is 1. The van der Waals surface area contributed by atoms with Gasteiger partial charge in [0, 0.05) is 13.0 Å². The summed E-state index contributed by atoms with van der Waals surface area (Å²) in [5, 5.41) is 29.5. The van der Waals surface area contributed by atoms with Gasteiger partial charge in [0.15, 0.2) is 0 Å². The van der Waals surface area contributed by atoms with Crippen LogP contribution >= 0.6 is 11.8 Å². The Kier molecular flexibility index (Phi) is 3.57. The molecule has 4 N–H and O–H groups in total. The van der Waals surface area contributed by atoms with E-state index in [0.717, 1.165) is 11.8 Å². The summed E-state index contributed by atoms with van der Waals surface area (Å²) in [7, 11) is 0. The molecule has 4 atom stereocenters. The molecule has 17 heavy (non-hydrogen) atoms. The number of imide groups is 1. The monoisotopic (exact) mass is 262 g/mol. The second-order valence-electron chi connectivity index (χ2n) is 4.03. The lowest BCUT2D eigenvalue weighted by molar-refractivity contribution is -0.121. The van der Waals surface area contributed by atoms with Crippen molar-refractivity contribution in [3.8, 4) is 0 Å². The largest absolute Gasteiger partial charge is 0.395 e. The molecule has 2 rings (SSSR count). The minimum Gasteiger partial charge on any atom is -0.395 e. The minimum absolute atomic E-state index is 0.176. The summed E-state index contributed by atoms with van der Waals surface area (Å²) in [4.78, 5) is 23.9. The second-order valence-corrected chi connectivity index (χ2v) is 5.39. The van der Waals surface area contributed by atoms with Gasteiger partial charge in [0.05, 0.1) is 18.0 Å². The number of rotatable bonds is 2. The summed E-state index contributed by atoms with van der Waals surface area (Å²) >= 11 is 1.14. The van der Waals surface area contributed by atoms with Crippen molar-refractivity contribution in [3.63, 3.8) is 0 Å². The Hall–Kier alpha value is -0.830. The first-order chi connectivity index (χ1) is 8.04. The fraction of sp³-hybridized carbons (Fsp3) is 0.778. The van der Waals surface area contributed by atoms with Crippen LogP contribution in [0.1, 0.15) is 6.42 Å². The first-order valence-electron chi connectivity index (χ1n) is 5.27. The lowest BCUT2D eigenvalue weighted by Gasteiger charge is -2.33. The third kappa shape index (κ3) is 2.25. The Morgan fingerprint density at radius 2 is 2.06 bits per heavy atom. The zero-order valence-corrected chi connectivity index (χ0v) is 9.76. The molecule has 2 heterocycles. The highest BCUT2D eigenvalue weighted by atomic mass is 32.2. The molecule has 7 nitrogen and oxygen atoms in total. The first kappa shape index (κ1) is 12.6. The number of nitrogens with one attached hydrogen (secondary N) is 1. The van der Waals surface area contributed by atoms with Crippen LogP contribution in [-0.2, 0) is 4.79 Å². The fourth-order valence-electron chi connectivity index (χ4n) is 1.96. The molecule has 0 unspecified atom stereocenters. The summed E-state index contributed by atoms with van der Waals surface area (Å²) in [6.45, 7) is -0.0575. The molecule has 8 heteroatoms. The van der Waals surface area contributed by atoms with E-state index in [9.17, 15) is 19.8 Å². The summed E-state index contributed by atoms with van der Waals surface area (Å²) in [5.74, 6) is -0.344. The van der Waals surface area contributed by atoms with Crippen molar-refractivity contribution in [2.24, 2.45) is 0 Å². The maximum Gasteiger partial charge on any atom is 0.325 e. The van der Waals surface area contributed by atoms with Crippen LogP contribution in [0.25, 0.3) is 0 Å². The number of amides is 3. The standard InChI is InChI=1S/C9H14N2O5S/c12-3-4-6(14)7(15)8(17-4)11-2-1-5(13)10-9(11)16/h4,6-8,12,14-15H,1-3H2,(H,10,13,16)/t4-,6-,7-,8-/m1/s1. The van der Waals surface area contributed by atoms with Gasteiger partial charge < -0.3 is 20.2 Å². The van der Waals surface area contributed by atoms with Crippen LogP contribution in [0.5, 0.6) is 0 Å². The second kappa shape index (κ2) is 4.81. The van der Waals surface area contributed by atoms with Crippen molar-refractivity contribution in [1.29, 1.82) is 0 Å². The molecule has 0 aromatic heterocycles. The highest BCUT2D eigenvalue weighted by Gasteiger charge is 2.46. The third-order valence-corrected chi connectivity index (χ3v) is 4.50. The van der Waals surface area contributed by atoms with E-state index in [-0.39, 0.29) is 25.5 Å². The molecule has 0 aromatic carbocycles. The summed E-state index contributed by atoms with van der Waals surface area (Å²) in [6.07, 6.45) is -2.01. The third-order valence-electron chi connectivity index (χ3n) is 2.91. The van der Waals surface area contributed by atoms with Crippen LogP contribution in [-0.4, -0.2) is 68.1 Å². The first-order valence-corrected chi connectivity index (χ1v) is 6.21. The van der Waals surface area contributed by atoms with Crippen molar-refractivity contribution in [3.05, 3.63) is 0 Å². The Labute approximate surface area is 102 Å². The number of thioether (sulfide) groups is 1. The van der Waals surface area contributed by atoms with E-state index >= 15 is 0 Å². The molecule has 0 saturated carbocycles. The quantitative estimate of drug-likeness (QED) is 0.462. The van der Waals surface area contributed by atoms with Crippen LogP contribution in [0.3, 0.4) is 0 Å². The van der Waals surface area contributed by atoms with Crippen LogP contribution in [0.4, 0.5) is 4.79 Å². The molecule has 2 aliphatic heterocycles. The van der Waals surface area contributed by atoms with E-state index in [1.807, 2.05) is 0 Å². The van der Waals surface area contributed by atoms with E-state index in [2.05, 4.69) is 5.32 Å². The molecule has 0 spiro atoms. The maximum atomic E-state index is 11.6. The Balaban J connectivity index is 2.08. The van der Waals surface area contributed by atoms with Crippen molar-refractivity contribution in [1.82, 2.24) is 10.2 Å². The average molecular weight is 262 g/mol. The fourth-order valence-corrected chi connectivity index (χ4v) is 3.39. The number of carbonyl (C=O) groups excluding carboxylic acids is 2. The normalized spacial score (nSPS) is 38.4. The number of aliphatic hydroxyl groups excluding tert-OH is 3. The molecule has 2 aliphatic rings. The smallest absolute Gasteiger partial charge is 0.325 e. The van der Waals surface area contributed by atoms with Crippen molar-refractivity contribution < 1.29 is 24.9 Å². The zero-order chi connectivity index (χ0) is 12.6. The number of urea groups is 1. The molecule has 0 bridgehead atoms. The molecular formula is C9H14N2O5S. The van der Waals surface area contributed by atoms with Gasteiger partial charge in [-0.05, 0) is 0 Å². The molecule has 3 amide bonds. The predicted molar refractivity (Wildman–Crippen MR) is 59.1 cm³/mol. The van der Waals surface area contributed by atoms with Gasteiger partial charge >= 0.3 is 6.03 Å². The molecular weight excluding hydrogens is 248 g/mol. The van der Waals surface area contributed by atoms with E-state index < -0.39 is 28.9 Å². The predicted octanol–water partition coefficient (Wildman–Crippen LogP) is -1.92. The van der Waals surface area contributed by atoms with Crippen molar-refractivity contribution >= 4 is 23.7 Å². The number of hydrogen-bond donors (Lipinski definition) is 4. The zero-order valence-electron chi connectivity index (χ0n) is 8.94. The molecule has 0 aliphatic carbocycles. The molecule has 96 valence electrons. The topological polar surface area (TPSA) is 110 Å². The summed E-state index contributed by atoms with van der Waals surface area (Å²) in [6, 6.07) is -0.566. The van der Waals surface area contributed by atoms with Gasteiger partial charge in [-0.15, -0.1) is 11.8 Å². The number of carbonyl (C=O) groups is 2. The van der Waals surface area contributed by atoms with Gasteiger partial charge in [0.25, 0.3) is 0 Å². The van der Waals surface area contributed by atoms with Crippen LogP contribution in [0.2, 0.25) is 0 Å². The van der Waals surface area contributed by atoms with E-state index in [0.29, 0.717) is 0 Å². The highest BCUT2D eigenvalue weighted by molar-refractivity contribution is 8.00. The number of aliphatic hydroxyl groups is 3. The molecule has 0 radical (unpaired) electrons. The van der Waals surface area contributed by atoms with E-state index in [4.69, 9.17) is 5.11 Å². The van der Waals surface area contributed by atoms with E-state index in [1.165, 1.54) is 4.90 Å². The van der Waals surface area contributed by atoms with Crippen LogP contribution < -0.4 is 5.32 Å². The van der Waals surface area contributed by atoms with E-state index in [1.54, 1.807) is 0 Å². The Morgan fingerprint density at radius 3 is 2.59 bits per heavy atom. The molecule has 0 aromatic rings. The average Bonchev–Trinajstić information content (AvgIpc) is 2.57. The lowest BCUT2D eigenvalue weighted by atomic mass is 10.1. The molecule has 2 fully saturated rings. The maximum absolute atomic E-state index is 11.6. The Morgan fingerprint density at radius 1 is 1.35 bits per heavy atom. The van der Waals surface area contributed by atoms with Crippen molar-refractivity contribution in [2.75, 3.05) is 13.2 Å².